The molecule has 0 aromatic heterocycles. The molecule has 2 aromatic rings. The van der Waals surface area contributed by atoms with Crippen LogP contribution in [0.15, 0.2) is 60.8 Å². The summed E-state index contributed by atoms with van der Waals surface area (Å²) >= 11 is 0. The molecule has 2 saturated heterocycles. The van der Waals surface area contributed by atoms with Crippen LogP contribution in [-0.2, 0) is 14.4 Å². The molecule has 0 bridgehead atoms. The number of carbonyl (C=O) groups excluding carboxylic acids is 3. The summed E-state index contributed by atoms with van der Waals surface area (Å²) in [5, 5.41) is 0. The number of hydrogen-bond acceptors (Lipinski definition) is 4. The first-order valence-corrected chi connectivity index (χ1v) is 8.86. The van der Waals surface area contributed by atoms with Gasteiger partial charge < -0.3 is 10.6 Å². The first-order chi connectivity index (χ1) is 13.1. The van der Waals surface area contributed by atoms with Crippen molar-refractivity contribution in [3.63, 3.8) is 0 Å². The summed E-state index contributed by atoms with van der Waals surface area (Å²) in [4.78, 5) is 41.8. The van der Waals surface area contributed by atoms with E-state index in [1.807, 2.05) is 36.4 Å². The van der Waals surface area contributed by atoms with Crippen molar-refractivity contribution in [1.29, 1.82) is 0 Å². The van der Waals surface area contributed by atoms with Crippen LogP contribution in [0.1, 0.15) is 17.2 Å². The Morgan fingerprint density at radius 2 is 1.56 bits per heavy atom. The van der Waals surface area contributed by atoms with Crippen LogP contribution in [0.25, 0.3) is 6.08 Å². The average Bonchev–Trinajstić information content (AvgIpc) is 3.16. The summed E-state index contributed by atoms with van der Waals surface area (Å²) in [5.41, 5.74) is 8.13. The van der Waals surface area contributed by atoms with Crippen molar-refractivity contribution in [3.8, 4) is 0 Å². The molecule has 0 aliphatic carbocycles. The lowest BCUT2D eigenvalue weighted by Crippen LogP contribution is -2.46. The molecule has 6 heteroatoms. The van der Waals surface area contributed by atoms with Crippen molar-refractivity contribution < 1.29 is 14.4 Å². The van der Waals surface area contributed by atoms with Crippen LogP contribution >= 0.6 is 0 Å². The van der Waals surface area contributed by atoms with Gasteiger partial charge >= 0.3 is 0 Å². The first kappa shape index (κ1) is 15.8. The molecule has 3 aliphatic heterocycles. The minimum Gasteiger partial charge on any atom is -0.368 e. The third-order valence-corrected chi connectivity index (χ3v) is 5.77. The van der Waals surface area contributed by atoms with Crippen molar-refractivity contribution in [2.24, 2.45) is 17.6 Å². The Balaban J connectivity index is 1.67. The van der Waals surface area contributed by atoms with E-state index in [0.29, 0.717) is 5.69 Å². The molecule has 4 unspecified atom stereocenters. The molecular weight excluding hydrogens is 342 g/mol. The van der Waals surface area contributed by atoms with Crippen molar-refractivity contribution in [2.75, 3.05) is 4.90 Å². The Hall–Kier alpha value is -3.41. The van der Waals surface area contributed by atoms with Gasteiger partial charge in [0.05, 0.1) is 23.6 Å². The van der Waals surface area contributed by atoms with Crippen LogP contribution in [0.3, 0.4) is 0 Å². The fraction of sp³-hybridized carbons (Fsp3) is 0.190. The van der Waals surface area contributed by atoms with Gasteiger partial charge in [0.25, 0.3) is 0 Å². The zero-order valence-electron chi connectivity index (χ0n) is 14.4. The molecule has 134 valence electrons. The van der Waals surface area contributed by atoms with Gasteiger partial charge in [0.2, 0.25) is 17.7 Å². The van der Waals surface area contributed by atoms with Crippen molar-refractivity contribution >= 4 is 29.5 Å². The van der Waals surface area contributed by atoms with E-state index in [0.717, 1.165) is 11.1 Å². The predicted molar refractivity (Wildman–Crippen MR) is 99.0 cm³/mol. The molecule has 27 heavy (non-hydrogen) atoms. The normalized spacial score (nSPS) is 28.1. The molecule has 2 N–H and O–H groups in total. The lowest BCUT2D eigenvalue weighted by molar-refractivity contribution is -0.129. The number of para-hydroxylation sites is 1. The quantitative estimate of drug-likeness (QED) is 0.827. The number of rotatable bonds is 2. The van der Waals surface area contributed by atoms with Gasteiger partial charge in [0.15, 0.2) is 0 Å². The van der Waals surface area contributed by atoms with E-state index in [-0.39, 0.29) is 17.9 Å². The summed E-state index contributed by atoms with van der Waals surface area (Å²) in [6.07, 6.45) is 3.68. The largest absolute Gasteiger partial charge is 0.368 e. The van der Waals surface area contributed by atoms with Crippen LogP contribution in [0.2, 0.25) is 0 Å². The van der Waals surface area contributed by atoms with Crippen molar-refractivity contribution in [3.05, 3.63) is 71.9 Å². The van der Waals surface area contributed by atoms with E-state index < -0.39 is 23.8 Å². The zero-order valence-corrected chi connectivity index (χ0v) is 14.4. The summed E-state index contributed by atoms with van der Waals surface area (Å²) in [6.45, 7) is 0. The maximum Gasteiger partial charge on any atom is 0.240 e. The highest BCUT2D eigenvalue weighted by atomic mass is 16.2. The van der Waals surface area contributed by atoms with Gasteiger partial charge in [-0.15, -0.1) is 0 Å². The number of anilines is 1. The Labute approximate surface area is 155 Å². The fourth-order valence-corrected chi connectivity index (χ4v) is 4.71. The van der Waals surface area contributed by atoms with Gasteiger partial charge in [0.1, 0.15) is 6.04 Å². The van der Waals surface area contributed by atoms with E-state index in [1.54, 1.807) is 35.4 Å². The molecule has 5 rings (SSSR count). The van der Waals surface area contributed by atoms with Gasteiger partial charge in [-0.1, -0.05) is 42.5 Å². The molecule has 0 radical (unpaired) electrons. The highest BCUT2D eigenvalue weighted by Crippen LogP contribution is 2.52. The molecular formula is C21H17N3O3. The monoisotopic (exact) mass is 359 g/mol. The Morgan fingerprint density at radius 1 is 0.889 bits per heavy atom. The molecule has 3 aliphatic rings. The van der Waals surface area contributed by atoms with Crippen LogP contribution < -0.4 is 10.6 Å². The van der Waals surface area contributed by atoms with Crippen LogP contribution in [0, 0.1) is 11.8 Å². The molecule has 6 nitrogen and oxygen atoms in total. The second-order valence-corrected chi connectivity index (χ2v) is 7.08. The number of benzene rings is 2. The molecule has 4 atom stereocenters. The second-order valence-electron chi connectivity index (χ2n) is 7.08. The highest BCUT2D eigenvalue weighted by Gasteiger charge is 2.64. The molecule has 3 heterocycles. The fourth-order valence-electron chi connectivity index (χ4n) is 4.71. The van der Waals surface area contributed by atoms with Gasteiger partial charge in [-0.25, -0.2) is 4.90 Å². The molecule has 3 amide bonds. The average molecular weight is 359 g/mol. The van der Waals surface area contributed by atoms with Gasteiger partial charge in [-0.2, -0.15) is 0 Å². The van der Waals surface area contributed by atoms with E-state index in [2.05, 4.69) is 0 Å². The SMILES string of the molecule is NC(=O)C1C2C(=O)N(c3ccccc3)C(=O)C2C2c3ccccc3C=CN12. The lowest BCUT2D eigenvalue weighted by Gasteiger charge is -2.34. The number of fused-ring (bicyclic) bond motifs is 5. The van der Waals surface area contributed by atoms with E-state index >= 15 is 0 Å². The Bertz CT molecular complexity index is 1000. The van der Waals surface area contributed by atoms with Crippen LogP contribution in [0.5, 0.6) is 0 Å². The minimum atomic E-state index is -0.838. The third-order valence-electron chi connectivity index (χ3n) is 5.77. The number of nitrogens with zero attached hydrogens (tertiary/aromatic N) is 2. The standard InChI is InChI=1S/C21H17N3O3/c22-19(25)18-16-15(17-14-9-5-4-6-12(14)10-11-23(17)18)20(26)24(21(16)27)13-7-2-1-3-8-13/h1-11,15-18H,(H2,22,25). The smallest absolute Gasteiger partial charge is 0.240 e. The van der Waals surface area contributed by atoms with Crippen molar-refractivity contribution in [2.45, 2.75) is 12.1 Å². The van der Waals surface area contributed by atoms with Gasteiger partial charge in [0, 0.05) is 6.20 Å². The number of primary amides is 1. The maximum absolute atomic E-state index is 13.3. The van der Waals surface area contributed by atoms with E-state index in [1.165, 1.54) is 4.90 Å². The number of nitrogens with two attached hydrogens (primary N) is 1. The summed E-state index contributed by atoms with van der Waals surface area (Å²) in [7, 11) is 0. The molecule has 2 fully saturated rings. The predicted octanol–water partition coefficient (Wildman–Crippen LogP) is 1.69. The van der Waals surface area contributed by atoms with Crippen LogP contribution in [0.4, 0.5) is 5.69 Å². The first-order valence-electron chi connectivity index (χ1n) is 8.86. The van der Waals surface area contributed by atoms with Crippen LogP contribution in [-0.4, -0.2) is 28.7 Å². The number of imide groups is 1. The zero-order chi connectivity index (χ0) is 18.7. The number of amides is 3. The summed E-state index contributed by atoms with van der Waals surface area (Å²) < 4.78 is 0. The summed E-state index contributed by atoms with van der Waals surface area (Å²) in [5.74, 6) is -2.65. The molecule has 0 saturated carbocycles. The number of hydrogen-bond donors (Lipinski definition) is 1. The summed E-state index contributed by atoms with van der Waals surface area (Å²) in [6, 6.07) is 15.4. The number of carbonyl (C=O) groups is 3. The highest BCUT2D eigenvalue weighted by molar-refractivity contribution is 6.24. The van der Waals surface area contributed by atoms with E-state index in [9.17, 15) is 14.4 Å². The maximum atomic E-state index is 13.3. The molecule has 0 spiro atoms. The second kappa shape index (κ2) is 5.54. The topological polar surface area (TPSA) is 83.7 Å². The molecule has 2 aromatic carbocycles. The third kappa shape index (κ3) is 2.04. The minimum absolute atomic E-state index is 0.278. The Kier molecular flexibility index (Phi) is 3.25. The Morgan fingerprint density at radius 3 is 2.30 bits per heavy atom. The lowest BCUT2D eigenvalue weighted by atomic mass is 9.84. The van der Waals surface area contributed by atoms with E-state index in [4.69, 9.17) is 5.73 Å². The van der Waals surface area contributed by atoms with Gasteiger partial charge in [-0.3, -0.25) is 14.4 Å². The van der Waals surface area contributed by atoms with Gasteiger partial charge in [-0.05, 0) is 29.3 Å². The van der Waals surface area contributed by atoms with Crippen molar-refractivity contribution in [1.82, 2.24) is 4.90 Å².